The van der Waals surface area contributed by atoms with E-state index in [0.29, 0.717) is 6.07 Å². The molecule has 1 aliphatic heterocycles. The summed E-state index contributed by atoms with van der Waals surface area (Å²) in [5, 5.41) is 2.55. The van der Waals surface area contributed by atoms with Gasteiger partial charge in [0.15, 0.2) is 0 Å². The minimum atomic E-state index is -2.95. The summed E-state index contributed by atoms with van der Waals surface area (Å²) in [7, 11) is 0. The molecule has 1 saturated heterocycles. The quantitative estimate of drug-likeness (QED) is 0.416. The smallest absolute Gasteiger partial charge is 0.252 e. The highest BCUT2D eigenvalue weighted by Gasteiger charge is 2.48. The minimum absolute atomic E-state index is 0.00404. The molecule has 3 aromatic rings. The first-order valence-corrected chi connectivity index (χ1v) is 12.7. The Morgan fingerprint density at radius 3 is 2.33 bits per heavy atom. The normalized spacial score (nSPS) is 19.2. The van der Waals surface area contributed by atoms with E-state index in [1.165, 1.54) is 36.7 Å². The predicted molar refractivity (Wildman–Crippen MR) is 137 cm³/mol. The molecule has 0 spiro atoms. The number of benzene rings is 2. The Morgan fingerprint density at radius 2 is 1.70 bits per heavy atom. The van der Waals surface area contributed by atoms with Crippen LogP contribution in [0.15, 0.2) is 60.9 Å². The number of aromatic nitrogens is 2. The lowest BCUT2D eigenvalue weighted by Crippen LogP contribution is -2.56. The second-order valence-corrected chi connectivity index (χ2v) is 10.0. The Balaban J connectivity index is 1.62. The number of carbonyl (C=O) groups excluding carboxylic acids is 3. The van der Waals surface area contributed by atoms with Gasteiger partial charge in [-0.05, 0) is 30.7 Å². The summed E-state index contributed by atoms with van der Waals surface area (Å²) in [4.78, 5) is 50.9. The molecule has 1 aliphatic carbocycles. The highest BCUT2D eigenvalue weighted by molar-refractivity contribution is 6.31. The topological polar surface area (TPSA) is 95.5 Å². The molecule has 208 valence electrons. The zero-order chi connectivity index (χ0) is 28.6. The first-order valence-electron chi connectivity index (χ1n) is 12.3. The van der Waals surface area contributed by atoms with Crippen LogP contribution >= 0.6 is 11.6 Å². The molecule has 0 bridgehead atoms. The van der Waals surface area contributed by atoms with Gasteiger partial charge in [-0.15, -0.1) is 0 Å². The number of hydrogen-bond donors (Lipinski definition) is 1. The van der Waals surface area contributed by atoms with Gasteiger partial charge in [0.2, 0.25) is 17.8 Å². The molecule has 2 heterocycles. The van der Waals surface area contributed by atoms with Crippen molar-refractivity contribution in [2.24, 2.45) is 0 Å². The Hall–Kier alpha value is -4.06. The monoisotopic (exact) mass is 575 g/mol. The van der Waals surface area contributed by atoms with Crippen molar-refractivity contribution in [3.63, 3.8) is 0 Å². The van der Waals surface area contributed by atoms with Gasteiger partial charge in [-0.25, -0.2) is 27.5 Å². The van der Waals surface area contributed by atoms with Crippen LogP contribution < -0.4 is 15.1 Å². The standard InChI is InChI=1S/C27H22ClF4N5O3/c28-20-5-2-1-4-19(20)23(24(39)35-17-13-27(31,32)14-17)36(18-11-15(29)10-16(30)12-18)25(40)21-6-7-22(38)37(21)26-33-8-3-9-34-26/h1-5,8-12,17,21,23H,6-7,13-14H2,(H,35,39). The second-order valence-electron chi connectivity index (χ2n) is 9.60. The third kappa shape index (κ3) is 5.48. The van der Waals surface area contributed by atoms with E-state index in [2.05, 4.69) is 15.3 Å². The van der Waals surface area contributed by atoms with E-state index >= 15 is 0 Å². The zero-order valence-corrected chi connectivity index (χ0v) is 21.5. The van der Waals surface area contributed by atoms with Gasteiger partial charge in [0.25, 0.3) is 11.8 Å². The van der Waals surface area contributed by atoms with Crippen LogP contribution in [0, 0.1) is 11.6 Å². The van der Waals surface area contributed by atoms with Crippen LogP contribution in [-0.2, 0) is 14.4 Å². The lowest BCUT2D eigenvalue weighted by molar-refractivity contribution is -0.133. The molecule has 2 unspecified atom stereocenters. The Labute approximate surface area is 231 Å². The molecule has 2 fully saturated rings. The summed E-state index contributed by atoms with van der Waals surface area (Å²) in [6, 6.07) is 6.06. The molecule has 40 heavy (non-hydrogen) atoms. The molecule has 5 rings (SSSR count). The summed E-state index contributed by atoms with van der Waals surface area (Å²) in [6.07, 6.45) is 1.49. The largest absolute Gasteiger partial charge is 0.351 e. The molecule has 1 saturated carbocycles. The van der Waals surface area contributed by atoms with Crippen molar-refractivity contribution in [2.75, 3.05) is 9.80 Å². The van der Waals surface area contributed by atoms with E-state index < -0.39 is 66.2 Å². The van der Waals surface area contributed by atoms with Crippen LogP contribution in [0.5, 0.6) is 0 Å². The maximum absolute atomic E-state index is 14.5. The fourth-order valence-electron chi connectivity index (χ4n) is 4.96. The van der Waals surface area contributed by atoms with E-state index in [4.69, 9.17) is 11.6 Å². The molecule has 13 heteroatoms. The molecule has 2 atom stereocenters. The number of alkyl halides is 2. The number of nitrogens with zero attached hydrogens (tertiary/aromatic N) is 4. The van der Waals surface area contributed by atoms with E-state index in [-0.39, 0.29) is 35.1 Å². The first kappa shape index (κ1) is 27.5. The number of anilines is 2. The molecular weight excluding hydrogens is 554 g/mol. The predicted octanol–water partition coefficient (Wildman–Crippen LogP) is 4.59. The Bertz CT molecular complexity index is 1430. The summed E-state index contributed by atoms with van der Waals surface area (Å²) in [5.74, 6) is -7.30. The van der Waals surface area contributed by atoms with Gasteiger partial charge < -0.3 is 5.32 Å². The third-order valence-corrected chi connectivity index (χ3v) is 7.11. The molecule has 2 aliphatic rings. The number of nitrogens with one attached hydrogen (secondary N) is 1. The maximum atomic E-state index is 14.5. The van der Waals surface area contributed by atoms with Crippen LogP contribution in [0.3, 0.4) is 0 Å². The molecule has 1 N–H and O–H groups in total. The van der Waals surface area contributed by atoms with E-state index in [1.54, 1.807) is 6.07 Å². The van der Waals surface area contributed by atoms with Crippen LogP contribution in [0.25, 0.3) is 0 Å². The van der Waals surface area contributed by atoms with Gasteiger partial charge in [0, 0.05) is 54.4 Å². The zero-order valence-electron chi connectivity index (χ0n) is 20.7. The molecule has 8 nitrogen and oxygen atoms in total. The lowest BCUT2D eigenvalue weighted by atomic mass is 9.87. The fraction of sp³-hybridized carbons (Fsp3) is 0.296. The molecular formula is C27H22ClF4N5O3. The summed E-state index contributed by atoms with van der Waals surface area (Å²) in [6.45, 7) is 0. The van der Waals surface area contributed by atoms with Gasteiger partial charge in [-0.3, -0.25) is 24.2 Å². The molecule has 0 radical (unpaired) electrons. The number of rotatable bonds is 7. The molecule has 2 aromatic carbocycles. The van der Waals surface area contributed by atoms with Gasteiger partial charge in [-0.1, -0.05) is 29.8 Å². The highest BCUT2D eigenvalue weighted by Crippen LogP contribution is 2.39. The van der Waals surface area contributed by atoms with Crippen molar-refractivity contribution < 1.29 is 31.9 Å². The van der Waals surface area contributed by atoms with Gasteiger partial charge in [-0.2, -0.15) is 0 Å². The van der Waals surface area contributed by atoms with E-state index in [0.717, 1.165) is 21.9 Å². The average Bonchev–Trinajstić information content (AvgIpc) is 3.27. The summed E-state index contributed by atoms with van der Waals surface area (Å²) in [5.41, 5.74) is -0.257. The van der Waals surface area contributed by atoms with Crippen LogP contribution in [0.4, 0.5) is 29.2 Å². The van der Waals surface area contributed by atoms with Crippen LogP contribution in [-0.4, -0.2) is 45.7 Å². The number of halogens is 5. The van der Waals surface area contributed by atoms with E-state index in [1.807, 2.05) is 0 Å². The Morgan fingerprint density at radius 1 is 1.05 bits per heavy atom. The van der Waals surface area contributed by atoms with Crippen LogP contribution in [0.1, 0.15) is 37.3 Å². The van der Waals surface area contributed by atoms with Crippen molar-refractivity contribution in [1.82, 2.24) is 15.3 Å². The van der Waals surface area contributed by atoms with Crippen molar-refractivity contribution in [3.05, 3.63) is 83.1 Å². The number of amides is 3. The van der Waals surface area contributed by atoms with Crippen molar-refractivity contribution in [1.29, 1.82) is 0 Å². The first-order chi connectivity index (χ1) is 19.0. The SMILES string of the molecule is O=C(NC1CC(F)(F)C1)C(c1ccccc1Cl)N(C(=O)C1CCC(=O)N1c1ncccn1)c1cc(F)cc(F)c1. The lowest BCUT2D eigenvalue weighted by Gasteiger charge is -2.39. The summed E-state index contributed by atoms with van der Waals surface area (Å²) >= 11 is 6.43. The van der Waals surface area contributed by atoms with Crippen molar-refractivity contribution in [3.8, 4) is 0 Å². The maximum Gasteiger partial charge on any atom is 0.252 e. The third-order valence-electron chi connectivity index (χ3n) is 6.77. The van der Waals surface area contributed by atoms with Crippen molar-refractivity contribution >= 4 is 41.0 Å². The van der Waals surface area contributed by atoms with Crippen LogP contribution in [0.2, 0.25) is 5.02 Å². The second kappa shape index (κ2) is 10.8. The van der Waals surface area contributed by atoms with Gasteiger partial charge >= 0.3 is 0 Å². The molecule has 3 amide bonds. The minimum Gasteiger partial charge on any atom is -0.351 e. The molecule has 1 aromatic heterocycles. The average molecular weight is 576 g/mol. The highest BCUT2D eigenvalue weighted by atomic mass is 35.5. The number of hydrogen-bond acceptors (Lipinski definition) is 5. The van der Waals surface area contributed by atoms with Gasteiger partial charge in [0.1, 0.15) is 23.7 Å². The summed E-state index contributed by atoms with van der Waals surface area (Å²) < 4.78 is 56.0. The fourth-order valence-corrected chi connectivity index (χ4v) is 5.20. The van der Waals surface area contributed by atoms with Gasteiger partial charge in [0.05, 0.1) is 5.69 Å². The van der Waals surface area contributed by atoms with Crippen molar-refractivity contribution in [2.45, 2.75) is 49.7 Å². The Kier molecular flexibility index (Phi) is 7.45. The number of carbonyl (C=O) groups is 3. The van der Waals surface area contributed by atoms with E-state index in [9.17, 15) is 31.9 Å².